The van der Waals surface area contributed by atoms with Crippen molar-refractivity contribution in [3.8, 4) is 0 Å². The molecule has 0 heterocycles. The van der Waals surface area contributed by atoms with Crippen LogP contribution in [0, 0.1) is 0 Å². The monoisotopic (exact) mass is 194 g/mol. The first-order chi connectivity index (χ1) is 6.34. The lowest BCUT2D eigenvalue weighted by Crippen LogP contribution is -1.90. The van der Waals surface area contributed by atoms with E-state index in [2.05, 4.69) is 18.7 Å². The van der Waals surface area contributed by atoms with Gasteiger partial charge in [0, 0.05) is 11.5 Å². The molecule has 1 aromatic rings. The molecule has 0 saturated heterocycles. The zero-order chi connectivity index (χ0) is 9.52. The van der Waals surface area contributed by atoms with E-state index in [4.69, 9.17) is 5.11 Å². The Morgan fingerprint density at radius 1 is 1.31 bits per heavy atom. The van der Waals surface area contributed by atoms with Crippen molar-refractivity contribution >= 4 is 17.3 Å². The minimum Gasteiger partial charge on any atom is -0.396 e. The highest BCUT2D eigenvalue weighted by Crippen LogP contribution is 2.16. The highest BCUT2D eigenvalue weighted by Gasteiger charge is 1.96. The quantitative estimate of drug-likeness (QED) is 0.726. The van der Waals surface area contributed by atoms with E-state index in [9.17, 15) is 0 Å². The van der Waals surface area contributed by atoms with E-state index in [1.54, 1.807) is 11.8 Å². The molecule has 1 rings (SSSR count). The van der Waals surface area contributed by atoms with Gasteiger partial charge in [-0.15, -0.1) is 0 Å². The first-order valence-electron chi connectivity index (χ1n) is 4.26. The molecule has 0 spiro atoms. The van der Waals surface area contributed by atoms with Crippen molar-refractivity contribution < 1.29 is 5.11 Å². The predicted octanol–water partition coefficient (Wildman–Crippen LogP) is 2.43. The minimum absolute atomic E-state index is 0.243. The van der Waals surface area contributed by atoms with E-state index in [1.165, 1.54) is 5.56 Å². The summed E-state index contributed by atoms with van der Waals surface area (Å²) in [4.78, 5) is 0. The molecule has 13 heavy (non-hydrogen) atoms. The Bertz CT molecular complexity index is 256. The van der Waals surface area contributed by atoms with E-state index < -0.39 is 0 Å². The Morgan fingerprint density at radius 2 is 2.00 bits per heavy atom. The summed E-state index contributed by atoms with van der Waals surface area (Å²) in [6, 6.07) is 10.1. The normalized spacial score (nSPS) is 9.92. The second kappa shape index (κ2) is 5.84. The standard InChI is InChI=1S/C11H14OS/c1-10(9-13-8-7-12)11-5-3-2-4-6-11/h2-6,12H,1,7-9H2. The van der Waals surface area contributed by atoms with Crippen LogP contribution in [0.2, 0.25) is 0 Å². The number of benzene rings is 1. The molecule has 0 radical (unpaired) electrons. The Morgan fingerprint density at radius 3 is 2.62 bits per heavy atom. The lowest BCUT2D eigenvalue weighted by molar-refractivity contribution is 0.322. The SMILES string of the molecule is C=C(CSCCO)c1ccccc1. The number of thioether (sulfide) groups is 1. The van der Waals surface area contributed by atoms with Gasteiger partial charge in [-0.05, 0) is 11.1 Å². The molecule has 0 aliphatic heterocycles. The third kappa shape index (κ3) is 3.66. The molecule has 0 unspecified atom stereocenters. The van der Waals surface area contributed by atoms with E-state index in [0.717, 1.165) is 17.1 Å². The van der Waals surface area contributed by atoms with Crippen LogP contribution in [0.3, 0.4) is 0 Å². The zero-order valence-corrected chi connectivity index (χ0v) is 8.39. The Balaban J connectivity index is 2.40. The van der Waals surface area contributed by atoms with Gasteiger partial charge < -0.3 is 5.11 Å². The first kappa shape index (κ1) is 10.4. The number of hydrogen-bond donors (Lipinski definition) is 1. The maximum absolute atomic E-state index is 8.60. The third-order valence-corrected chi connectivity index (χ3v) is 2.72. The Kier molecular flexibility index (Phi) is 4.65. The van der Waals surface area contributed by atoms with Crippen molar-refractivity contribution in [3.63, 3.8) is 0 Å². The largest absolute Gasteiger partial charge is 0.396 e. The molecule has 1 N–H and O–H groups in total. The third-order valence-electron chi connectivity index (χ3n) is 1.69. The Hall–Kier alpha value is -0.730. The second-order valence-electron chi connectivity index (χ2n) is 2.75. The van der Waals surface area contributed by atoms with Crippen molar-refractivity contribution in [2.24, 2.45) is 0 Å². The predicted molar refractivity (Wildman–Crippen MR) is 59.9 cm³/mol. The number of aliphatic hydroxyl groups is 1. The first-order valence-corrected chi connectivity index (χ1v) is 5.42. The van der Waals surface area contributed by atoms with Gasteiger partial charge in [0.25, 0.3) is 0 Å². The summed E-state index contributed by atoms with van der Waals surface area (Å²) in [5.74, 6) is 1.68. The summed E-state index contributed by atoms with van der Waals surface area (Å²) in [5, 5.41) is 8.60. The zero-order valence-electron chi connectivity index (χ0n) is 7.57. The van der Waals surface area contributed by atoms with Gasteiger partial charge in [-0.2, -0.15) is 11.8 Å². The molecule has 0 saturated carbocycles. The lowest BCUT2D eigenvalue weighted by atomic mass is 10.1. The van der Waals surface area contributed by atoms with Gasteiger partial charge in [-0.25, -0.2) is 0 Å². The van der Waals surface area contributed by atoms with Gasteiger partial charge in [0.05, 0.1) is 6.61 Å². The molecular weight excluding hydrogens is 180 g/mol. The van der Waals surface area contributed by atoms with Gasteiger partial charge >= 0.3 is 0 Å². The van der Waals surface area contributed by atoms with Crippen LogP contribution in [0.1, 0.15) is 5.56 Å². The van der Waals surface area contributed by atoms with Crippen molar-refractivity contribution in [2.45, 2.75) is 0 Å². The van der Waals surface area contributed by atoms with Gasteiger partial charge in [0.1, 0.15) is 0 Å². The number of rotatable bonds is 5. The van der Waals surface area contributed by atoms with Crippen LogP contribution >= 0.6 is 11.8 Å². The molecule has 2 heteroatoms. The van der Waals surface area contributed by atoms with Crippen molar-refractivity contribution in [2.75, 3.05) is 18.1 Å². The summed E-state index contributed by atoms with van der Waals surface area (Å²) in [7, 11) is 0. The van der Waals surface area contributed by atoms with Gasteiger partial charge in [0.15, 0.2) is 0 Å². The van der Waals surface area contributed by atoms with E-state index in [-0.39, 0.29) is 6.61 Å². The summed E-state index contributed by atoms with van der Waals surface area (Å²) < 4.78 is 0. The van der Waals surface area contributed by atoms with Crippen LogP contribution in [-0.2, 0) is 0 Å². The topological polar surface area (TPSA) is 20.2 Å². The fourth-order valence-corrected chi connectivity index (χ4v) is 1.70. The minimum atomic E-state index is 0.243. The molecule has 0 atom stereocenters. The lowest BCUT2D eigenvalue weighted by Gasteiger charge is -2.04. The molecule has 1 nitrogen and oxygen atoms in total. The van der Waals surface area contributed by atoms with Crippen molar-refractivity contribution in [1.82, 2.24) is 0 Å². The van der Waals surface area contributed by atoms with Crippen molar-refractivity contribution in [3.05, 3.63) is 42.5 Å². The van der Waals surface area contributed by atoms with Crippen LogP contribution in [0.25, 0.3) is 5.57 Å². The number of aliphatic hydroxyl groups excluding tert-OH is 1. The van der Waals surface area contributed by atoms with E-state index in [0.29, 0.717) is 0 Å². The molecule has 0 aliphatic carbocycles. The van der Waals surface area contributed by atoms with E-state index in [1.807, 2.05) is 18.2 Å². The van der Waals surface area contributed by atoms with E-state index >= 15 is 0 Å². The summed E-state index contributed by atoms with van der Waals surface area (Å²) in [5.41, 5.74) is 2.31. The second-order valence-corrected chi connectivity index (χ2v) is 3.85. The summed E-state index contributed by atoms with van der Waals surface area (Å²) in [6.45, 7) is 4.24. The summed E-state index contributed by atoms with van der Waals surface area (Å²) in [6.07, 6.45) is 0. The maximum atomic E-state index is 8.60. The number of hydrogen-bond acceptors (Lipinski definition) is 2. The van der Waals surface area contributed by atoms with Crippen LogP contribution < -0.4 is 0 Å². The highest BCUT2D eigenvalue weighted by atomic mass is 32.2. The molecule has 0 bridgehead atoms. The average Bonchev–Trinajstić information content (AvgIpc) is 2.19. The molecule has 1 aromatic carbocycles. The molecule has 0 fully saturated rings. The maximum Gasteiger partial charge on any atom is 0.0521 e. The van der Waals surface area contributed by atoms with Crippen molar-refractivity contribution in [1.29, 1.82) is 0 Å². The van der Waals surface area contributed by atoms with Crippen LogP contribution in [0.15, 0.2) is 36.9 Å². The van der Waals surface area contributed by atoms with Crippen LogP contribution in [0.5, 0.6) is 0 Å². The summed E-state index contributed by atoms with van der Waals surface area (Å²) >= 11 is 1.71. The molecule has 0 aliphatic rings. The Labute approximate surface area is 83.5 Å². The fraction of sp³-hybridized carbons (Fsp3) is 0.273. The average molecular weight is 194 g/mol. The van der Waals surface area contributed by atoms with Crippen LogP contribution in [-0.4, -0.2) is 23.2 Å². The van der Waals surface area contributed by atoms with Gasteiger partial charge in [-0.1, -0.05) is 36.9 Å². The molecule has 0 amide bonds. The highest BCUT2D eigenvalue weighted by molar-refractivity contribution is 7.99. The smallest absolute Gasteiger partial charge is 0.0521 e. The molecular formula is C11H14OS. The molecule has 0 aromatic heterocycles. The fourth-order valence-electron chi connectivity index (χ4n) is 1.02. The van der Waals surface area contributed by atoms with Gasteiger partial charge in [0.2, 0.25) is 0 Å². The van der Waals surface area contributed by atoms with Crippen LogP contribution in [0.4, 0.5) is 0 Å². The molecule has 70 valence electrons. The van der Waals surface area contributed by atoms with Gasteiger partial charge in [-0.3, -0.25) is 0 Å².